The molecule has 0 amide bonds. The first-order valence-electron chi connectivity index (χ1n) is 13.1. The molecule has 4 N–H and O–H groups in total. The van der Waals surface area contributed by atoms with Gasteiger partial charge in [0, 0.05) is 37.6 Å². The van der Waals surface area contributed by atoms with Crippen molar-refractivity contribution < 1.29 is 9.13 Å². The Morgan fingerprint density at radius 2 is 1.87 bits per heavy atom. The van der Waals surface area contributed by atoms with E-state index in [-0.39, 0.29) is 17.4 Å². The molecule has 2 aromatic carbocycles. The lowest BCUT2D eigenvalue weighted by molar-refractivity contribution is 0.124. The highest BCUT2D eigenvalue weighted by Crippen LogP contribution is 2.29. The van der Waals surface area contributed by atoms with Crippen LogP contribution in [0, 0.1) is 11.7 Å². The molecule has 2 fully saturated rings. The SMILES string of the molecule is O=c1[nH]cc(Br)c2nc(NC3CN(CC4CCNCC4)C3)nc(Nc3ccc(Oc4cccc(F)c4)cc3)c12. The molecule has 2 aliphatic heterocycles. The van der Waals surface area contributed by atoms with Gasteiger partial charge in [0.25, 0.3) is 5.56 Å². The Hall–Kier alpha value is -3.54. The van der Waals surface area contributed by atoms with Crippen LogP contribution in [0.3, 0.4) is 0 Å². The zero-order valence-electron chi connectivity index (χ0n) is 21.2. The number of benzene rings is 2. The highest BCUT2D eigenvalue weighted by molar-refractivity contribution is 9.10. The smallest absolute Gasteiger partial charge is 0.261 e. The number of nitrogens with zero attached hydrogens (tertiary/aromatic N) is 3. The molecule has 11 heteroatoms. The number of ether oxygens (including phenoxy) is 1. The molecule has 4 aromatic rings. The third-order valence-electron chi connectivity index (χ3n) is 7.11. The van der Waals surface area contributed by atoms with E-state index >= 15 is 0 Å². The molecule has 6 rings (SSSR count). The molecule has 0 unspecified atom stereocenters. The monoisotopic (exact) mass is 593 g/mol. The number of hydrogen-bond donors (Lipinski definition) is 4. The van der Waals surface area contributed by atoms with Gasteiger partial charge in [-0.3, -0.25) is 9.69 Å². The minimum Gasteiger partial charge on any atom is -0.457 e. The molecule has 202 valence electrons. The summed E-state index contributed by atoms with van der Waals surface area (Å²) in [7, 11) is 0. The Morgan fingerprint density at radius 1 is 1.08 bits per heavy atom. The molecule has 2 saturated heterocycles. The molecule has 0 bridgehead atoms. The number of aromatic amines is 1. The number of likely N-dealkylation sites (tertiary alicyclic amines) is 1. The van der Waals surface area contributed by atoms with E-state index in [0.29, 0.717) is 44.3 Å². The van der Waals surface area contributed by atoms with Crippen molar-refractivity contribution in [1.82, 2.24) is 25.2 Å². The highest BCUT2D eigenvalue weighted by Gasteiger charge is 2.30. The molecular formula is C28H29BrFN7O2. The Labute approximate surface area is 233 Å². The number of pyridine rings is 1. The van der Waals surface area contributed by atoms with Gasteiger partial charge in [-0.25, -0.2) is 9.37 Å². The van der Waals surface area contributed by atoms with Crippen LogP contribution >= 0.6 is 15.9 Å². The zero-order valence-corrected chi connectivity index (χ0v) is 22.8. The molecule has 0 spiro atoms. The second kappa shape index (κ2) is 11.3. The fraction of sp³-hybridized carbons (Fsp3) is 0.321. The number of anilines is 3. The summed E-state index contributed by atoms with van der Waals surface area (Å²) >= 11 is 3.52. The normalized spacial score (nSPS) is 16.7. The summed E-state index contributed by atoms with van der Waals surface area (Å²) in [4.78, 5) is 27.3. The lowest BCUT2D eigenvalue weighted by Crippen LogP contribution is -2.56. The van der Waals surface area contributed by atoms with E-state index in [1.54, 1.807) is 30.5 Å². The maximum Gasteiger partial charge on any atom is 0.261 e. The van der Waals surface area contributed by atoms with Crippen LogP contribution in [0.2, 0.25) is 0 Å². The Bertz CT molecular complexity index is 1520. The first kappa shape index (κ1) is 25.7. The van der Waals surface area contributed by atoms with Crippen LogP contribution in [0.15, 0.2) is 64.0 Å². The Morgan fingerprint density at radius 3 is 2.64 bits per heavy atom. The van der Waals surface area contributed by atoms with Crippen molar-refractivity contribution in [2.75, 3.05) is 43.4 Å². The van der Waals surface area contributed by atoms with Crippen molar-refractivity contribution in [2.24, 2.45) is 5.92 Å². The number of halogens is 2. The largest absolute Gasteiger partial charge is 0.457 e. The number of H-pyrrole nitrogens is 1. The van der Waals surface area contributed by atoms with Crippen molar-refractivity contribution in [2.45, 2.75) is 18.9 Å². The van der Waals surface area contributed by atoms with E-state index in [1.807, 2.05) is 12.1 Å². The summed E-state index contributed by atoms with van der Waals surface area (Å²) in [5.41, 5.74) is 0.949. The lowest BCUT2D eigenvalue weighted by Gasteiger charge is -2.42. The average Bonchev–Trinajstić information content (AvgIpc) is 2.91. The minimum atomic E-state index is -0.362. The summed E-state index contributed by atoms with van der Waals surface area (Å²) < 4.78 is 19.9. The van der Waals surface area contributed by atoms with E-state index < -0.39 is 0 Å². The van der Waals surface area contributed by atoms with Crippen LogP contribution < -0.4 is 26.2 Å². The van der Waals surface area contributed by atoms with E-state index in [4.69, 9.17) is 4.74 Å². The first-order chi connectivity index (χ1) is 19.0. The van der Waals surface area contributed by atoms with E-state index in [9.17, 15) is 9.18 Å². The van der Waals surface area contributed by atoms with Gasteiger partial charge >= 0.3 is 0 Å². The fourth-order valence-corrected chi connectivity index (χ4v) is 5.51. The maximum atomic E-state index is 13.5. The third kappa shape index (κ3) is 6.05. The van der Waals surface area contributed by atoms with Gasteiger partial charge in [0.2, 0.25) is 5.95 Å². The average molecular weight is 594 g/mol. The summed E-state index contributed by atoms with van der Waals surface area (Å²) in [5.74, 6) is 2.23. The van der Waals surface area contributed by atoms with Crippen molar-refractivity contribution >= 4 is 44.3 Å². The first-order valence-corrected chi connectivity index (χ1v) is 13.9. The van der Waals surface area contributed by atoms with Crippen molar-refractivity contribution in [3.05, 3.63) is 75.4 Å². The van der Waals surface area contributed by atoms with Crippen LogP contribution in [0.5, 0.6) is 11.5 Å². The Balaban J connectivity index is 1.18. The highest BCUT2D eigenvalue weighted by atomic mass is 79.9. The molecule has 2 aromatic heterocycles. The maximum absolute atomic E-state index is 13.5. The van der Waals surface area contributed by atoms with Gasteiger partial charge < -0.3 is 25.7 Å². The minimum absolute atomic E-state index is 0.247. The molecular weight excluding hydrogens is 565 g/mol. The lowest BCUT2D eigenvalue weighted by atomic mass is 9.95. The predicted octanol–water partition coefficient (Wildman–Crippen LogP) is 4.85. The summed E-state index contributed by atoms with van der Waals surface area (Å²) in [6.45, 7) is 5.23. The second-order valence-corrected chi connectivity index (χ2v) is 10.9. The topological polar surface area (TPSA) is 107 Å². The molecule has 2 aliphatic rings. The molecule has 9 nitrogen and oxygen atoms in total. The van der Waals surface area contributed by atoms with Gasteiger partial charge in [-0.2, -0.15) is 4.98 Å². The molecule has 4 heterocycles. The number of nitrogens with one attached hydrogen (secondary N) is 4. The van der Waals surface area contributed by atoms with Crippen LogP contribution in [-0.2, 0) is 0 Å². The van der Waals surface area contributed by atoms with Gasteiger partial charge in [-0.15, -0.1) is 0 Å². The Kier molecular flexibility index (Phi) is 7.45. The quantitative estimate of drug-likeness (QED) is 0.230. The predicted molar refractivity (Wildman–Crippen MR) is 154 cm³/mol. The van der Waals surface area contributed by atoms with Gasteiger partial charge in [0.05, 0.1) is 16.0 Å². The van der Waals surface area contributed by atoms with Gasteiger partial charge in [-0.1, -0.05) is 6.07 Å². The van der Waals surface area contributed by atoms with Gasteiger partial charge in [-0.05, 0) is 84.2 Å². The summed E-state index contributed by atoms with van der Waals surface area (Å²) in [5, 5.41) is 10.5. The summed E-state index contributed by atoms with van der Waals surface area (Å²) in [6, 6.07) is 13.4. The van der Waals surface area contributed by atoms with E-state index in [1.165, 1.54) is 25.0 Å². The van der Waals surface area contributed by atoms with E-state index in [0.717, 1.165) is 38.6 Å². The van der Waals surface area contributed by atoms with Crippen molar-refractivity contribution in [1.29, 1.82) is 0 Å². The van der Waals surface area contributed by atoms with Crippen LogP contribution in [-0.4, -0.2) is 58.6 Å². The van der Waals surface area contributed by atoms with Crippen LogP contribution in [0.4, 0.5) is 21.8 Å². The molecule has 0 saturated carbocycles. The van der Waals surface area contributed by atoms with Gasteiger partial charge in [0.15, 0.2) is 0 Å². The number of rotatable bonds is 8. The molecule has 0 radical (unpaired) electrons. The summed E-state index contributed by atoms with van der Waals surface area (Å²) in [6.07, 6.45) is 4.06. The van der Waals surface area contributed by atoms with Gasteiger partial charge in [0.1, 0.15) is 28.5 Å². The third-order valence-corrected chi connectivity index (χ3v) is 7.71. The number of hydrogen-bond acceptors (Lipinski definition) is 8. The second-order valence-electron chi connectivity index (χ2n) is 10.0. The standard InChI is InChI=1S/C28H29BrFN7O2/c29-23-13-32-27(38)24-25(23)35-28(34-20-15-37(16-20)14-17-8-10-31-11-9-17)36-26(24)33-19-4-6-21(7-5-19)39-22-3-1-2-18(30)12-22/h1-7,12-13,17,20,31H,8-11,14-16H2,(H,32,38)(H2,33,34,35,36). The van der Waals surface area contributed by atoms with Crippen molar-refractivity contribution in [3.63, 3.8) is 0 Å². The number of aromatic nitrogens is 3. The molecule has 0 aliphatic carbocycles. The van der Waals surface area contributed by atoms with Crippen LogP contribution in [0.1, 0.15) is 12.8 Å². The van der Waals surface area contributed by atoms with Crippen LogP contribution in [0.25, 0.3) is 10.9 Å². The van der Waals surface area contributed by atoms with E-state index in [2.05, 4.69) is 51.7 Å². The zero-order chi connectivity index (χ0) is 26.8. The number of piperidine rings is 1. The molecule has 39 heavy (non-hydrogen) atoms. The molecule has 0 atom stereocenters. The fourth-order valence-electron chi connectivity index (χ4n) is 5.10. The number of fused-ring (bicyclic) bond motifs is 1. The van der Waals surface area contributed by atoms with Crippen molar-refractivity contribution in [3.8, 4) is 11.5 Å².